The summed E-state index contributed by atoms with van der Waals surface area (Å²) in [4.78, 5) is 35.7. The highest BCUT2D eigenvalue weighted by atomic mass is 16.5. The second kappa shape index (κ2) is 6.46. The van der Waals surface area contributed by atoms with Crippen molar-refractivity contribution < 1.29 is 19.1 Å². The number of likely N-dealkylation sites (tertiary alicyclic amines) is 1. The fourth-order valence-electron chi connectivity index (χ4n) is 1.70. The highest BCUT2D eigenvalue weighted by Crippen LogP contribution is 2.11. The number of imide groups is 1. The van der Waals surface area contributed by atoms with E-state index in [0.717, 1.165) is 4.90 Å². The summed E-state index contributed by atoms with van der Waals surface area (Å²) in [5.74, 6) is -1.01. The number of piperidine rings is 1. The van der Waals surface area contributed by atoms with Crippen molar-refractivity contribution in [3.05, 3.63) is 0 Å². The minimum Gasteiger partial charge on any atom is -0.385 e. The zero-order chi connectivity index (χ0) is 13.7. The van der Waals surface area contributed by atoms with Gasteiger partial charge < -0.3 is 15.8 Å². The summed E-state index contributed by atoms with van der Waals surface area (Å²) in [5, 5.41) is 2.57. The number of likely N-dealkylation sites (N-methyl/N-ethyl adjacent to an activating group) is 1. The summed E-state index contributed by atoms with van der Waals surface area (Å²) >= 11 is 0. The van der Waals surface area contributed by atoms with Crippen LogP contribution in [0.2, 0.25) is 0 Å². The average molecular weight is 257 g/mol. The molecule has 1 aliphatic heterocycles. The smallest absolute Gasteiger partial charge is 0.251 e. The maximum Gasteiger partial charge on any atom is 0.251 e. The first-order valence-corrected chi connectivity index (χ1v) is 5.82. The van der Waals surface area contributed by atoms with E-state index < -0.39 is 23.9 Å². The number of carbonyl (C=O) groups is 3. The molecule has 0 aromatic heterocycles. The van der Waals surface area contributed by atoms with Crippen molar-refractivity contribution in [1.29, 1.82) is 0 Å². The normalized spacial score (nSPS) is 21.9. The van der Waals surface area contributed by atoms with Gasteiger partial charge in [0.05, 0.1) is 6.04 Å². The van der Waals surface area contributed by atoms with Gasteiger partial charge in [0.1, 0.15) is 6.04 Å². The van der Waals surface area contributed by atoms with Gasteiger partial charge in [0.15, 0.2) is 0 Å². The molecule has 0 bridgehead atoms. The van der Waals surface area contributed by atoms with Crippen molar-refractivity contribution in [1.82, 2.24) is 10.2 Å². The molecule has 0 aromatic carbocycles. The Balaban J connectivity index is 2.49. The van der Waals surface area contributed by atoms with Gasteiger partial charge in [-0.1, -0.05) is 0 Å². The van der Waals surface area contributed by atoms with E-state index in [-0.39, 0.29) is 12.3 Å². The molecule has 1 fully saturated rings. The molecule has 2 atom stereocenters. The molecule has 1 rings (SSSR count). The molecule has 0 radical (unpaired) electrons. The van der Waals surface area contributed by atoms with Crippen molar-refractivity contribution in [3.8, 4) is 0 Å². The van der Waals surface area contributed by atoms with E-state index in [2.05, 4.69) is 5.32 Å². The third-order valence-electron chi connectivity index (χ3n) is 2.94. The molecule has 0 aliphatic carbocycles. The first-order chi connectivity index (χ1) is 8.47. The van der Waals surface area contributed by atoms with Gasteiger partial charge in [-0.15, -0.1) is 0 Å². The minimum absolute atomic E-state index is 0.228. The molecule has 0 spiro atoms. The number of amides is 3. The highest BCUT2D eigenvalue weighted by molar-refractivity contribution is 6.01. The quantitative estimate of drug-likeness (QED) is 0.591. The summed E-state index contributed by atoms with van der Waals surface area (Å²) in [6, 6.07) is -1.37. The SMILES string of the molecule is COCCC(N)C(=O)NC1CCC(=O)N(C)C1=O. The van der Waals surface area contributed by atoms with Crippen molar-refractivity contribution in [2.75, 3.05) is 20.8 Å². The summed E-state index contributed by atoms with van der Waals surface area (Å²) in [5.41, 5.74) is 5.64. The zero-order valence-electron chi connectivity index (χ0n) is 10.6. The van der Waals surface area contributed by atoms with Crippen LogP contribution in [-0.4, -0.2) is 55.5 Å². The van der Waals surface area contributed by atoms with E-state index in [1.807, 2.05) is 0 Å². The Bertz CT molecular complexity index is 345. The largest absolute Gasteiger partial charge is 0.385 e. The predicted octanol–water partition coefficient (Wildman–Crippen LogP) is -1.39. The number of carbonyl (C=O) groups excluding carboxylic acids is 3. The minimum atomic E-state index is -0.708. The Labute approximate surface area is 106 Å². The van der Waals surface area contributed by atoms with Gasteiger partial charge in [-0.25, -0.2) is 0 Å². The second-order valence-corrected chi connectivity index (χ2v) is 4.28. The van der Waals surface area contributed by atoms with Crippen molar-refractivity contribution in [2.45, 2.75) is 31.3 Å². The van der Waals surface area contributed by atoms with Crippen molar-refractivity contribution in [2.24, 2.45) is 5.73 Å². The van der Waals surface area contributed by atoms with Gasteiger partial charge in [0.25, 0.3) is 5.91 Å². The van der Waals surface area contributed by atoms with Gasteiger partial charge in [0.2, 0.25) is 11.8 Å². The van der Waals surface area contributed by atoms with Crippen LogP contribution < -0.4 is 11.1 Å². The third kappa shape index (κ3) is 3.51. The molecule has 1 saturated heterocycles. The van der Waals surface area contributed by atoms with Crippen LogP contribution in [0, 0.1) is 0 Å². The van der Waals surface area contributed by atoms with Crippen LogP contribution in [0.1, 0.15) is 19.3 Å². The number of methoxy groups -OCH3 is 1. The predicted molar refractivity (Wildman–Crippen MR) is 63.4 cm³/mol. The number of nitrogens with two attached hydrogens (primary N) is 1. The first kappa shape index (κ1) is 14.6. The molecule has 3 amide bonds. The number of nitrogens with zero attached hydrogens (tertiary/aromatic N) is 1. The Hall–Kier alpha value is -1.47. The lowest BCUT2D eigenvalue weighted by molar-refractivity contribution is -0.149. The lowest BCUT2D eigenvalue weighted by atomic mass is 10.0. The number of rotatable bonds is 5. The van der Waals surface area contributed by atoms with E-state index >= 15 is 0 Å². The van der Waals surface area contributed by atoms with E-state index in [9.17, 15) is 14.4 Å². The van der Waals surface area contributed by atoms with Gasteiger partial charge in [0, 0.05) is 27.2 Å². The monoisotopic (exact) mass is 257 g/mol. The molecule has 7 nitrogen and oxygen atoms in total. The molecule has 18 heavy (non-hydrogen) atoms. The molecular weight excluding hydrogens is 238 g/mol. The van der Waals surface area contributed by atoms with Crippen molar-refractivity contribution in [3.63, 3.8) is 0 Å². The second-order valence-electron chi connectivity index (χ2n) is 4.28. The molecular formula is C11H19N3O4. The van der Waals surface area contributed by atoms with E-state index in [0.29, 0.717) is 19.4 Å². The molecule has 1 heterocycles. The van der Waals surface area contributed by atoms with E-state index in [4.69, 9.17) is 10.5 Å². The van der Waals surface area contributed by atoms with Crippen LogP contribution in [0.5, 0.6) is 0 Å². The summed E-state index contributed by atoms with van der Waals surface area (Å²) in [6.07, 6.45) is 0.962. The number of ether oxygens (including phenoxy) is 1. The lowest BCUT2D eigenvalue weighted by Gasteiger charge is -2.28. The Kier molecular flexibility index (Phi) is 5.24. The summed E-state index contributed by atoms with van der Waals surface area (Å²) in [6.45, 7) is 0.381. The fourth-order valence-corrected chi connectivity index (χ4v) is 1.70. The van der Waals surface area contributed by atoms with Crippen LogP contribution in [-0.2, 0) is 19.1 Å². The van der Waals surface area contributed by atoms with Crippen LogP contribution in [0.4, 0.5) is 0 Å². The zero-order valence-corrected chi connectivity index (χ0v) is 10.6. The molecule has 1 aliphatic rings. The van der Waals surface area contributed by atoms with E-state index in [1.165, 1.54) is 14.2 Å². The fraction of sp³-hybridized carbons (Fsp3) is 0.727. The van der Waals surface area contributed by atoms with Crippen LogP contribution in [0.25, 0.3) is 0 Å². The maximum absolute atomic E-state index is 11.7. The number of hydrogen-bond acceptors (Lipinski definition) is 5. The number of hydrogen-bond donors (Lipinski definition) is 2. The van der Waals surface area contributed by atoms with Gasteiger partial charge in [-0.05, 0) is 12.8 Å². The van der Waals surface area contributed by atoms with Gasteiger partial charge >= 0.3 is 0 Å². The lowest BCUT2D eigenvalue weighted by Crippen LogP contribution is -2.55. The average Bonchev–Trinajstić information content (AvgIpc) is 2.36. The molecule has 3 N–H and O–H groups in total. The Morgan fingerprint density at radius 2 is 2.28 bits per heavy atom. The third-order valence-corrected chi connectivity index (χ3v) is 2.94. The molecule has 0 saturated carbocycles. The summed E-state index contributed by atoms with van der Waals surface area (Å²) in [7, 11) is 2.93. The van der Waals surface area contributed by atoms with E-state index in [1.54, 1.807) is 0 Å². The molecule has 0 aromatic rings. The van der Waals surface area contributed by atoms with Gasteiger partial charge in [-0.3, -0.25) is 19.3 Å². The van der Waals surface area contributed by atoms with Crippen LogP contribution in [0.3, 0.4) is 0 Å². The Morgan fingerprint density at radius 1 is 1.61 bits per heavy atom. The maximum atomic E-state index is 11.7. The standard InChI is InChI=1S/C11H19N3O4/c1-14-9(15)4-3-8(11(14)17)13-10(16)7(12)5-6-18-2/h7-8H,3-6,12H2,1-2H3,(H,13,16). The topological polar surface area (TPSA) is 102 Å². The molecule has 7 heteroatoms. The van der Waals surface area contributed by atoms with Gasteiger partial charge in [-0.2, -0.15) is 0 Å². The molecule has 2 unspecified atom stereocenters. The molecule has 102 valence electrons. The van der Waals surface area contributed by atoms with Crippen molar-refractivity contribution >= 4 is 17.7 Å². The van der Waals surface area contributed by atoms with Crippen LogP contribution in [0.15, 0.2) is 0 Å². The Morgan fingerprint density at radius 3 is 2.89 bits per heavy atom. The highest BCUT2D eigenvalue weighted by Gasteiger charge is 2.33. The number of nitrogens with one attached hydrogen (secondary N) is 1. The van der Waals surface area contributed by atoms with Crippen LogP contribution >= 0.6 is 0 Å². The summed E-state index contributed by atoms with van der Waals surface area (Å²) < 4.78 is 4.83. The first-order valence-electron chi connectivity index (χ1n) is 5.82.